The Morgan fingerprint density at radius 1 is 1.38 bits per heavy atom. The predicted molar refractivity (Wildman–Crippen MR) is 59.1 cm³/mol. The lowest BCUT2D eigenvalue weighted by Gasteiger charge is -2.10. The van der Waals surface area contributed by atoms with Crippen LogP contribution in [0.2, 0.25) is 0 Å². The fraction of sp³-hybridized carbons (Fsp3) is 0.167. The average molecular weight is 217 g/mol. The number of aldehydes is 1. The number of carbonyl (C=O) groups is 1. The van der Waals surface area contributed by atoms with Crippen LogP contribution in [0, 0.1) is 5.21 Å². The van der Waals surface area contributed by atoms with Gasteiger partial charge in [-0.25, -0.2) is 0 Å². The van der Waals surface area contributed by atoms with Crippen molar-refractivity contribution in [3.63, 3.8) is 0 Å². The molecule has 0 aliphatic heterocycles. The van der Waals surface area contributed by atoms with Gasteiger partial charge in [-0.15, -0.1) is 0 Å². The molecule has 0 spiro atoms. The molecule has 0 radical (unpaired) electrons. The first-order valence-electron chi connectivity index (χ1n) is 4.95. The summed E-state index contributed by atoms with van der Waals surface area (Å²) in [5.41, 5.74) is 0.526. The third-order valence-corrected chi connectivity index (χ3v) is 2.27. The van der Waals surface area contributed by atoms with E-state index in [1.165, 1.54) is 6.20 Å². The summed E-state index contributed by atoms with van der Waals surface area (Å²) in [6.45, 7) is 1.65. The Labute approximate surface area is 92.7 Å². The lowest BCUT2D eigenvalue weighted by molar-refractivity contribution is -0.577. The standard InChI is InChI=1S/C12H11NO3/c1-9(8-14)16-12-6-7-13(15)11-5-3-2-4-10(11)12/h2-9H,1H3. The number of pyridine rings is 1. The van der Waals surface area contributed by atoms with Crippen LogP contribution in [0.3, 0.4) is 0 Å². The van der Waals surface area contributed by atoms with Crippen LogP contribution < -0.4 is 9.47 Å². The molecule has 1 aromatic heterocycles. The van der Waals surface area contributed by atoms with Gasteiger partial charge in [0.2, 0.25) is 5.52 Å². The minimum Gasteiger partial charge on any atom is -0.618 e. The highest BCUT2D eigenvalue weighted by Gasteiger charge is 2.11. The van der Waals surface area contributed by atoms with E-state index in [1.54, 1.807) is 31.2 Å². The van der Waals surface area contributed by atoms with Gasteiger partial charge in [-0.2, -0.15) is 4.73 Å². The molecule has 0 saturated heterocycles. The van der Waals surface area contributed by atoms with Crippen LogP contribution in [0.4, 0.5) is 0 Å². The summed E-state index contributed by atoms with van der Waals surface area (Å²) >= 11 is 0. The van der Waals surface area contributed by atoms with Crippen molar-refractivity contribution in [2.75, 3.05) is 0 Å². The summed E-state index contributed by atoms with van der Waals surface area (Å²) in [7, 11) is 0. The Hall–Kier alpha value is -2.10. The molecular weight excluding hydrogens is 206 g/mol. The maximum atomic E-state index is 11.5. The number of nitrogens with zero attached hydrogens (tertiary/aromatic N) is 1. The van der Waals surface area contributed by atoms with E-state index in [2.05, 4.69) is 0 Å². The Balaban J connectivity index is 2.54. The van der Waals surface area contributed by atoms with Crippen LogP contribution in [-0.4, -0.2) is 12.4 Å². The molecule has 1 aromatic carbocycles. The van der Waals surface area contributed by atoms with Gasteiger partial charge in [-0.1, -0.05) is 12.1 Å². The van der Waals surface area contributed by atoms with Gasteiger partial charge >= 0.3 is 0 Å². The average Bonchev–Trinajstić information content (AvgIpc) is 2.33. The van der Waals surface area contributed by atoms with Crippen LogP contribution in [0.25, 0.3) is 10.9 Å². The van der Waals surface area contributed by atoms with E-state index in [1.807, 2.05) is 6.07 Å². The number of hydrogen-bond donors (Lipinski definition) is 0. The molecule has 1 unspecified atom stereocenters. The van der Waals surface area contributed by atoms with E-state index in [-0.39, 0.29) is 0 Å². The Morgan fingerprint density at radius 2 is 2.12 bits per heavy atom. The quantitative estimate of drug-likeness (QED) is 0.444. The van der Waals surface area contributed by atoms with E-state index in [0.717, 1.165) is 4.73 Å². The summed E-state index contributed by atoms with van der Waals surface area (Å²) in [4.78, 5) is 10.5. The molecule has 1 heterocycles. The third-order valence-electron chi connectivity index (χ3n) is 2.27. The summed E-state index contributed by atoms with van der Waals surface area (Å²) in [5, 5.41) is 12.2. The predicted octanol–water partition coefficient (Wildman–Crippen LogP) is 1.44. The molecule has 0 saturated carbocycles. The van der Waals surface area contributed by atoms with E-state index < -0.39 is 6.10 Å². The lowest BCUT2D eigenvalue weighted by atomic mass is 10.2. The maximum Gasteiger partial charge on any atom is 0.227 e. The minimum absolute atomic E-state index is 0.522. The van der Waals surface area contributed by atoms with Crippen molar-refractivity contribution in [2.24, 2.45) is 0 Å². The van der Waals surface area contributed by atoms with Gasteiger partial charge in [0.25, 0.3) is 0 Å². The Morgan fingerprint density at radius 3 is 2.88 bits per heavy atom. The maximum absolute atomic E-state index is 11.5. The number of hydrogen-bond acceptors (Lipinski definition) is 3. The van der Waals surface area contributed by atoms with Crippen molar-refractivity contribution in [1.82, 2.24) is 0 Å². The molecule has 0 aliphatic carbocycles. The molecular formula is C12H11NO3. The fourth-order valence-corrected chi connectivity index (χ4v) is 1.51. The number of benzene rings is 1. The summed E-state index contributed by atoms with van der Waals surface area (Å²) in [5.74, 6) is 0.544. The largest absolute Gasteiger partial charge is 0.618 e. The zero-order valence-corrected chi connectivity index (χ0v) is 8.79. The molecule has 2 rings (SSSR count). The molecule has 0 aliphatic rings. The van der Waals surface area contributed by atoms with E-state index in [9.17, 15) is 10.0 Å². The second kappa shape index (κ2) is 4.18. The smallest absolute Gasteiger partial charge is 0.227 e. The number of aromatic nitrogens is 1. The number of rotatable bonds is 3. The lowest BCUT2D eigenvalue weighted by Crippen LogP contribution is -2.26. The number of carbonyl (C=O) groups excluding carboxylic acids is 1. The summed E-state index contributed by atoms with van der Waals surface area (Å²) < 4.78 is 6.18. The molecule has 0 N–H and O–H groups in total. The van der Waals surface area contributed by atoms with Crippen LogP contribution in [0.1, 0.15) is 6.92 Å². The molecule has 16 heavy (non-hydrogen) atoms. The van der Waals surface area contributed by atoms with E-state index in [4.69, 9.17) is 4.74 Å². The first kappa shape index (κ1) is 10.4. The van der Waals surface area contributed by atoms with Crippen molar-refractivity contribution >= 4 is 17.2 Å². The second-order valence-corrected chi connectivity index (χ2v) is 3.48. The second-order valence-electron chi connectivity index (χ2n) is 3.48. The van der Waals surface area contributed by atoms with Gasteiger partial charge in [0.15, 0.2) is 18.6 Å². The first-order valence-corrected chi connectivity index (χ1v) is 4.95. The molecule has 4 nitrogen and oxygen atoms in total. The van der Waals surface area contributed by atoms with Gasteiger partial charge in [0, 0.05) is 12.1 Å². The minimum atomic E-state index is -0.522. The summed E-state index contributed by atoms with van der Waals surface area (Å²) in [6.07, 6.45) is 1.56. The normalized spacial score (nSPS) is 12.3. The molecule has 1 atom stereocenters. The third kappa shape index (κ3) is 1.82. The van der Waals surface area contributed by atoms with Crippen LogP contribution >= 0.6 is 0 Å². The van der Waals surface area contributed by atoms with Crippen LogP contribution in [0.15, 0.2) is 36.5 Å². The number of para-hydroxylation sites is 1. The molecule has 82 valence electrons. The van der Waals surface area contributed by atoms with Gasteiger partial charge in [-0.05, 0) is 13.0 Å². The molecule has 0 fully saturated rings. The fourth-order valence-electron chi connectivity index (χ4n) is 1.51. The first-order chi connectivity index (χ1) is 7.72. The number of ether oxygens (including phenoxy) is 1. The molecule has 0 amide bonds. The van der Waals surface area contributed by atoms with Crippen molar-refractivity contribution in [3.05, 3.63) is 41.7 Å². The highest BCUT2D eigenvalue weighted by atomic mass is 16.5. The van der Waals surface area contributed by atoms with E-state index >= 15 is 0 Å². The van der Waals surface area contributed by atoms with Gasteiger partial charge in [0.05, 0.1) is 5.39 Å². The monoisotopic (exact) mass is 217 g/mol. The van der Waals surface area contributed by atoms with E-state index in [0.29, 0.717) is 22.9 Å². The molecule has 0 bridgehead atoms. The zero-order valence-electron chi connectivity index (χ0n) is 8.79. The number of fused-ring (bicyclic) bond motifs is 1. The van der Waals surface area contributed by atoms with Crippen LogP contribution in [-0.2, 0) is 4.79 Å². The molecule has 4 heteroatoms. The zero-order chi connectivity index (χ0) is 11.5. The highest BCUT2D eigenvalue weighted by Crippen LogP contribution is 2.22. The van der Waals surface area contributed by atoms with Crippen LogP contribution in [0.5, 0.6) is 5.75 Å². The van der Waals surface area contributed by atoms with Crippen molar-refractivity contribution in [3.8, 4) is 5.75 Å². The van der Waals surface area contributed by atoms with Crippen molar-refractivity contribution in [2.45, 2.75) is 13.0 Å². The Bertz CT molecular complexity index is 525. The van der Waals surface area contributed by atoms with Gasteiger partial charge in [-0.3, -0.25) is 4.79 Å². The Kier molecular flexibility index (Phi) is 2.72. The van der Waals surface area contributed by atoms with Crippen molar-refractivity contribution in [1.29, 1.82) is 0 Å². The molecule has 2 aromatic rings. The highest BCUT2D eigenvalue weighted by molar-refractivity contribution is 5.82. The van der Waals surface area contributed by atoms with Gasteiger partial charge in [0.1, 0.15) is 5.75 Å². The topological polar surface area (TPSA) is 53.2 Å². The van der Waals surface area contributed by atoms with Gasteiger partial charge < -0.3 is 9.94 Å². The summed E-state index contributed by atoms with van der Waals surface area (Å²) in [6, 6.07) is 8.66. The SMILES string of the molecule is CC(C=O)Oc1cc[n+]([O-])c2ccccc12. The van der Waals surface area contributed by atoms with Crippen molar-refractivity contribution < 1.29 is 14.3 Å².